The number of hydrogen-bond donors (Lipinski definition) is 2. The molecule has 0 unspecified atom stereocenters. The van der Waals surface area contributed by atoms with Crippen molar-refractivity contribution >= 4 is 60.1 Å². The van der Waals surface area contributed by atoms with Gasteiger partial charge in [0.05, 0.1) is 0 Å². The summed E-state index contributed by atoms with van der Waals surface area (Å²) in [6.07, 6.45) is 0. The fraction of sp³-hybridized carbons (Fsp3) is 0. The maximum absolute atomic E-state index is 8.76. The normalized spacial score (nSPS) is 5.83. The Morgan fingerprint density at radius 1 is 1.33 bits per heavy atom. The molecule has 0 radical (unpaired) electrons. The van der Waals surface area contributed by atoms with Gasteiger partial charge in [-0.2, -0.15) is 0 Å². The molecular weight excluding hydrogens is 311 g/mol. The van der Waals surface area contributed by atoms with Gasteiger partial charge in [-0.1, -0.05) is 0 Å². The van der Waals surface area contributed by atoms with Gasteiger partial charge in [-0.15, -0.1) is 0 Å². The van der Waals surface area contributed by atoms with Gasteiger partial charge in [0.2, 0.25) is 0 Å². The zero-order valence-electron chi connectivity index (χ0n) is 1.71. The van der Waals surface area contributed by atoms with Crippen molar-refractivity contribution < 1.29 is 12.2 Å². The Labute approximate surface area is 71.7 Å². The standard InChI is InChI=1S/Ga.In.H2O3Se.6H/c;;1-4(2)3;;;;;;/h;;(H2,1,2,3);;;;;;. The Morgan fingerprint density at radius 3 is 1.33 bits per heavy atom. The molecule has 3 nitrogen and oxygen atoms in total. The molecule has 0 saturated carbocycles. The van der Waals surface area contributed by atoms with E-state index in [0.29, 0.717) is 0 Å². The van der Waals surface area contributed by atoms with Crippen LogP contribution in [0.1, 0.15) is 0 Å². The maximum atomic E-state index is 8.76. The van der Waals surface area contributed by atoms with Gasteiger partial charge >= 0.3 is 72.3 Å². The third-order valence-electron chi connectivity index (χ3n) is 0. The van der Waals surface area contributed by atoms with Crippen molar-refractivity contribution in [1.82, 2.24) is 0 Å². The van der Waals surface area contributed by atoms with E-state index in [4.69, 9.17) is 12.2 Å². The van der Waals surface area contributed by atoms with Crippen molar-refractivity contribution in [3.8, 4) is 0 Å². The molecule has 0 spiro atoms. The topological polar surface area (TPSA) is 57.5 Å². The fourth-order valence-electron chi connectivity index (χ4n) is 0. The van der Waals surface area contributed by atoms with Crippen LogP contribution in [0.15, 0.2) is 0 Å². The average molecular weight is 320 g/mol. The van der Waals surface area contributed by atoms with Gasteiger partial charge < -0.3 is 0 Å². The van der Waals surface area contributed by atoms with Gasteiger partial charge in [-0.3, -0.25) is 0 Å². The summed E-state index contributed by atoms with van der Waals surface area (Å²) in [6.45, 7) is 0. The SMILES string of the molecule is O=[Se](O)O.[GaH3].[InH3]. The van der Waals surface area contributed by atoms with Gasteiger partial charge in [0.25, 0.3) is 0 Å². The summed E-state index contributed by atoms with van der Waals surface area (Å²) in [7, 11) is 0. The predicted molar refractivity (Wildman–Crippen MR) is 30.8 cm³/mol. The molecule has 0 aliphatic rings. The van der Waals surface area contributed by atoms with E-state index in [9.17, 15) is 0 Å². The Balaban J connectivity index is -0.0000000450. The predicted octanol–water partition coefficient (Wildman–Crippen LogP) is -3.98. The third-order valence-corrected chi connectivity index (χ3v) is 0. The molecule has 38 valence electrons. The summed E-state index contributed by atoms with van der Waals surface area (Å²) in [5, 5.41) is 0. The first-order valence-corrected chi connectivity index (χ1v) is 2.76. The molecule has 0 aromatic heterocycles. The van der Waals surface area contributed by atoms with Crippen molar-refractivity contribution in [1.29, 1.82) is 0 Å². The summed E-state index contributed by atoms with van der Waals surface area (Å²) in [5.41, 5.74) is 0. The molecule has 0 aliphatic heterocycles. The second kappa shape index (κ2) is 9.89. The van der Waals surface area contributed by atoms with Gasteiger partial charge in [0, 0.05) is 0 Å². The molecule has 0 atom stereocenters. The molecular formula is H8GaInO3Se. The van der Waals surface area contributed by atoms with Gasteiger partial charge in [0.15, 0.2) is 0 Å². The van der Waals surface area contributed by atoms with Gasteiger partial charge in [-0.25, -0.2) is 0 Å². The van der Waals surface area contributed by atoms with Crippen LogP contribution in [0.2, 0.25) is 0 Å². The van der Waals surface area contributed by atoms with Crippen molar-refractivity contribution in [2.75, 3.05) is 0 Å². The summed E-state index contributed by atoms with van der Waals surface area (Å²) in [5.74, 6) is 0. The third kappa shape index (κ3) is 42.5. The van der Waals surface area contributed by atoms with Crippen LogP contribution in [0, 0.1) is 0 Å². The molecule has 0 aromatic rings. The Morgan fingerprint density at radius 2 is 1.33 bits per heavy atom. The van der Waals surface area contributed by atoms with Crippen molar-refractivity contribution in [3.05, 3.63) is 0 Å². The second-order valence-electron chi connectivity index (χ2n) is 0.231. The fourth-order valence-corrected chi connectivity index (χ4v) is 0. The molecule has 0 heterocycles. The van der Waals surface area contributed by atoms with Gasteiger partial charge in [-0.05, 0) is 0 Å². The zero-order chi connectivity index (χ0) is 3.58. The number of hydrogen-bond acceptors (Lipinski definition) is 1. The van der Waals surface area contributed by atoms with Crippen LogP contribution in [-0.4, -0.2) is 68.5 Å². The first-order valence-electron chi connectivity index (χ1n) is 0.532. The molecule has 0 saturated heterocycles. The van der Waals surface area contributed by atoms with E-state index in [1.807, 2.05) is 0 Å². The van der Waals surface area contributed by atoms with Crippen LogP contribution in [0.4, 0.5) is 0 Å². The molecule has 6 heteroatoms. The summed E-state index contributed by atoms with van der Waals surface area (Å²) >= 11 is -3.29. The monoisotopic (exact) mass is 320 g/mol. The Hall–Kier alpha value is 1.75. The van der Waals surface area contributed by atoms with Crippen LogP contribution < -0.4 is 0 Å². The molecule has 0 rings (SSSR count). The summed E-state index contributed by atoms with van der Waals surface area (Å²) in [6, 6.07) is 0. The van der Waals surface area contributed by atoms with E-state index in [1.165, 1.54) is 0 Å². The van der Waals surface area contributed by atoms with Crippen LogP contribution >= 0.6 is 0 Å². The molecule has 0 amide bonds. The van der Waals surface area contributed by atoms with Gasteiger partial charge in [0.1, 0.15) is 0 Å². The molecule has 0 bridgehead atoms. The molecule has 0 fully saturated rings. The zero-order valence-corrected chi connectivity index (χ0v) is 3.42. The first kappa shape index (κ1) is 15.7. The second-order valence-corrected chi connectivity index (χ2v) is 1.20. The van der Waals surface area contributed by atoms with Crippen LogP contribution in [0.5, 0.6) is 0 Å². The molecule has 0 aromatic carbocycles. The minimum absolute atomic E-state index is 0. The van der Waals surface area contributed by atoms with Crippen molar-refractivity contribution in [3.63, 3.8) is 0 Å². The van der Waals surface area contributed by atoms with E-state index in [1.54, 1.807) is 0 Å². The van der Waals surface area contributed by atoms with Crippen molar-refractivity contribution in [2.45, 2.75) is 0 Å². The molecule has 2 N–H and O–H groups in total. The van der Waals surface area contributed by atoms with Crippen LogP contribution in [-0.2, 0) is 3.83 Å². The Kier molecular flexibility index (Phi) is 25.8. The Bertz CT molecular complexity index is 33.8. The molecule has 0 aliphatic carbocycles. The first-order chi connectivity index (χ1) is 1.73. The average Bonchev–Trinajstić information content (AvgIpc) is 0.811. The van der Waals surface area contributed by atoms with E-state index in [2.05, 4.69) is 0 Å². The van der Waals surface area contributed by atoms with Crippen molar-refractivity contribution in [2.24, 2.45) is 0 Å². The van der Waals surface area contributed by atoms with E-state index >= 15 is 0 Å². The van der Waals surface area contributed by atoms with E-state index < -0.39 is 14.5 Å². The summed E-state index contributed by atoms with van der Waals surface area (Å²) < 4.78 is 23.1. The van der Waals surface area contributed by atoms with E-state index in [0.717, 1.165) is 0 Å². The minimum atomic E-state index is -3.29. The quantitative estimate of drug-likeness (QED) is 0.448. The van der Waals surface area contributed by atoms with Crippen LogP contribution in [0.25, 0.3) is 0 Å². The van der Waals surface area contributed by atoms with Crippen LogP contribution in [0.3, 0.4) is 0 Å². The summed E-state index contributed by atoms with van der Waals surface area (Å²) in [4.78, 5) is 0. The van der Waals surface area contributed by atoms with E-state index in [-0.39, 0.29) is 45.6 Å². The number of rotatable bonds is 0. The molecule has 6 heavy (non-hydrogen) atoms.